The highest BCUT2D eigenvalue weighted by molar-refractivity contribution is 5.71. The topological polar surface area (TPSA) is 52.3 Å². The Kier molecular flexibility index (Phi) is 4.16. The van der Waals surface area contributed by atoms with Crippen LogP contribution in [0.2, 0.25) is 0 Å². The van der Waals surface area contributed by atoms with Crippen molar-refractivity contribution >= 4 is 5.97 Å². The minimum absolute atomic E-state index is 0.184. The summed E-state index contributed by atoms with van der Waals surface area (Å²) in [4.78, 5) is 11.2. The number of aryl methyl sites for hydroxylation is 1. The third-order valence-electron chi connectivity index (χ3n) is 1.81. The van der Waals surface area contributed by atoms with Crippen LogP contribution in [0.1, 0.15) is 38.3 Å². The fraction of sp³-hybridized carbons (Fsp3) is 0.600. The molecule has 4 heteroatoms. The lowest BCUT2D eigenvalue weighted by Gasteiger charge is -1.98. The van der Waals surface area contributed by atoms with Crippen LogP contribution in [0.25, 0.3) is 0 Å². The van der Waals surface area contributed by atoms with Gasteiger partial charge in [0.1, 0.15) is 0 Å². The molecule has 14 heavy (non-hydrogen) atoms. The number of aromatic nitrogens is 1. The summed E-state index contributed by atoms with van der Waals surface area (Å²) >= 11 is 0. The van der Waals surface area contributed by atoms with E-state index in [-0.39, 0.29) is 11.9 Å². The van der Waals surface area contributed by atoms with Gasteiger partial charge in [0.25, 0.3) is 0 Å². The second kappa shape index (κ2) is 5.42. The van der Waals surface area contributed by atoms with Gasteiger partial charge in [0.05, 0.1) is 5.69 Å². The average molecular weight is 197 g/mol. The highest BCUT2D eigenvalue weighted by Crippen LogP contribution is 2.12. The second-order valence-corrected chi connectivity index (χ2v) is 3.22. The molecule has 1 aromatic heterocycles. The fourth-order valence-electron chi connectivity index (χ4n) is 1.07. The molecule has 0 aliphatic carbocycles. The van der Waals surface area contributed by atoms with E-state index in [0.29, 0.717) is 12.1 Å². The van der Waals surface area contributed by atoms with Crippen LogP contribution in [-0.2, 0) is 4.79 Å². The van der Waals surface area contributed by atoms with E-state index in [1.165, 1.54) is 0 Å². The summed E-state index contributed by atoms with van der Waals surface area (Å²) in [5.74, 6) is -0.0707. The van der Waals surface area contributed by atoms with E-state index in [2.05, 4.69) is 12.1 Å². The van der Waals surface area contributed by atoms with Crippen LogP contribution in [-0.4, -0.2) is 11.1 Å². The molecule has 78 valence electrons. The summed E-state index contributed by atoms with van der Waals surface area (Å²) < 4.78 is 9.66. The molecular weight excluding hydrogens is 182 g/mol. The lowest BCUT2D eigenvalue weighted by molar-refractivity contribution is -0.135. The van der Waals surface area contributed by atoms with Crippen molar-refractivity contribution in [3.8, 4) is 5.95 Å². The van der Waals surface area contributed by atoms with Crippen molar-refractivity contribution in [1.29, 1.82) is 0 Å². The molecule has 0 saturated carbocycles. The van der Waals surface area contributed by atoms with Crippen LogP contribution in [0, 0.1) is 6.92 Å². The quantitative estimate of drug-likeness (QED) is 0.537. The van der Waals surface area contributed by atoms with Crippen molar-refractivity contribution in [2.75, 3.05) is 0 Å². The number of hydrogen-bond donors (Lipinski definition) is 0. The lowest BCUT2D eigenvalue weighted by Crippen LogP contribution is -2.06. The Morgan fingerprint density at radius 1 is 1.57 bits per heavy atom. The molecule has 1 rings (SSSR count). The molecule has 0 N–H and O–H groups in total. The van der Waals surface area contributed by atoms with Crippen LogP contribution < -0.4 is 4.74 Å². The predicted octanol–water partition coefficient (Wildman–Crippen LogP) is 2.47. The van der Waals surface area contributed by atoms with Crippen LogP contribution in [0.5, 0.6) is 5.95 Å². The van der Waals surface area contributed by atoms with E-state index in [1.807, 2.05) is 0 Å². The number of hydrogen-bond acceptors (Lipinski definition) is 4. The average Bonchev–Trinajstić information content (AvgIpc) is 2.52. The van der Waals surface area contributed by atoms with Crippen molar-refractivity contribution in [1.82, 2.24) is 5.16 Å². The van der Waals surface area contributed by atoms with Gasteiger partial charge in [-0.05, 0) is 13.3 Å². The number of carbonyl (C=O) groups is 1. The van der Waals surface area contributed by atoms with Crippen LogP contribution in [0.3, 0.4) is 0 Å². The molecule has 0 aliphatic heterocycles. The maximum atomic E-state index is 11.2. The van der Waals surface area contributed by atoms with Crippen LogP contribution in [0.4, 0.5) is 0 Å². The first-order valence-corrected chi connectivity index (χ1v) is 4.86. The van der Waals surface area contributed by atoms with E-state index >= 15 is 0 Å². The SMILES string of the molecule is CCCCCC(=O)Oc1cc(C)no1. The number of carbonyl (C=O) groups excluding carboxylic acids is 1. The van der Waals surface area contributed by atoms with E-state index < -0.39 is 0 Å². The van der Waals surface area contributed by atoms with Crippen molar-refractivity contribution < 1.29 is 14.1 Å². The van der Waals surface area contributed by atoms with Gasteiger partial charge in [0.15, 0.2) is 0 Å². The third-order valence-corrected chi connectivity index (χ3v) is 1.81. The van der Waals surface area contributed by atoms with E-state index in [9.17, 15) is 4.79 Å². The fourth-order valence-corrected chi connectivity index (χ4v) is 1.07. The monoisotopic (exact) mass is 197 g/mol. The first kappa shape index (κ1) is 10.8. The molecule has 0 spiro atoms. The summed E-state index contributed by atoms with van der Waals surface area (Å²) in [6.45, 7) is 3.86. The van der Waals surface area contributed by atoms with Crippen molar-refractivity contribution in [3.05, 3.63) is 11.8 Å². The highest BCUT2D eigenvalue weighted by atomic mass is 16.6. The largest absolute Gasteiger partial charge is 0.391 e. The summed E-state index contributed by atoms with van der Waals surface area (Å²) in [5.41, 5.74) is 0.710. The Morgan fingerprint density at radius 2 is 2.36 bits per heavy atom. The molecule has 1 heterocycles. The molecule has 0 amide bonds. The predicted molar refractivity (Wildman–Crippen MR) is 51.0 cm³/mol. The number of ether oxygens (including phenoxy) is 1. The molecule has 0 unspecified atom stereocenters. The third kappa shape index (κ3) is 3.60. The van der Waals surface area contributed by atoms with Gasteiger partial charge in [-0.15, -0.1) is 0 Å². The maximum Gasteiger partial charge on any atom is 0.319 e. The van der Waals surface area contributed by atoms with E-state index in [1.54, 1.807) is 13.0 Å². The summed E-state index contributed by atoms with van der Waals surface area (Å²) in [6, 6.07) is 1.59. The summed E-state index contributed by atoms with van der Waals surface area (Å²) in [5, 5.41) is 3.61. The van der Waals surface area contributed by atoms with Crippen molar-refractivity contribution in [2.45, 2.75) is 39.5 Å². The van der Waals surface area contributed by atoms with E-state index in [4.69, 9.17) is 9.26 Å². The molecule has 0 radical (unpaired) electrons. The zero-order valence-electron chi connectivity index (χ0n) is 8.58. The smallest absolute Gasteiger partial charge is 0.319 e. The number of unbranched alkanes of at least 4 members (excludes halogenated alkanes) is 2. The molecule has 4 nitrogen and oxygen atoms in total. The Balaban J connectivity index is 2.27. The van der Waals surface area contributed by atoms with Crippen molar-refractivity contribution in [2.24, 2.45) is 0 Å². The van der Waals surface area contributed by atoms with Gasteiger partial charge >= 0.3 is 11.9 Å². The zero-order chi connectivity index (χ0) is 10.4. The van der Waals surface area contributed by atoms with Gasteiger partial charge in [0, 0.05) is 12.5 Å². The number of esters is 1. The van der Waals surface area contributed by atoms with Gasteiger partial charge in [-0.25, -0.2) is 0 Å². The molecule has 0 atom stereocenters. The lowest BCUT2D eigenvalue weighted by atomic mass is 10.2. The number of nitrogens with zero attached hydrogens (tertiary/aromatic N) is 1. The van der Waals surface area contributed by atoms with Crippen LogP contribution in [0.15, 0.2) is 10.6 Å². The molecule has 0 saturated heterocycles. The van der Waals surface area contributed by atoms with Gasteiger partial charge in [-0.1, -0.05) is 24.9 Å². The summed E-state index contributed by atoms with van der Waals surface area (Å²) in [7, 11) is 0. The Labute approximate surface area is 83.2 Å². The zero-order valence-corrected chi connectivity index (χ0v) is 8.58. The van der Waals surface area contributed by atoms with E-state index in [0.717, 1.165) is 19.3 Å². The molecule has 0 aliphatic rings. The van der Waals surface area contributed by atoms with Crippen molar-refractivity contribution in [3.63, 3.8) is 0 Å². The van der Waals surface area contributed by atoms with Crippen LogP contribution >= 0.6 is 0 Å². The first-order valence-electron chi connectivity index (χ1n) is 4.86. The molecule has 0 fully saturated rings. The molecule has 1 aromatic rings. The van der Waals surface area contributed by atoms with Gasteiger partial charge in [0.2, 0.25) is 0 Å². The normalized spacial score (nSPS) is 10.1. The standard InChI is InChI=1S/C10H15NO3/c1-3-4-5-6-9(12)13-10-7-8(2)11-14-10/h7H,3-6H2,1-2H3. The Hall–Kier alpha value is -1.32. The second-order valence-electron chi connectivity index (χ2n) is 3.22. The van der Waals surface area contributed by atoms with Gasteiger partial charge < -0.3 is 9.26 Å². The van der Waals surface area contributed by atoms with Gasteiger partial charge in [-0.3, -0.25) is 4.79 Å². The van der Waals surface area contributed by atoms with Gasteiger partial charge in [-0.2, -0.15) is 0 Å². The highest BCUT2D eigenvalue weighted by Gasteiger charge is 2.07. The molecule has 0 bridgehead atoms. The Bertz CT molecular complexity index is 293. The molecular formula is C10H15NO3. The summed E-state index contributed by atoms with van der Waals surface area (Å²) in [6.07, 6.45) is 3.44. The number of rotatable bonds is 5. The first-order chi connectivity index (χ1) is 6.72. The minimum atomic E-state index is -0.255. The minimum Gasteiger partial charge on any atom is -0.391 e. The maximum absolute atomic E-state index is 11.2. The Morgan fingerprint density at radius 3 is 2.93 bits per heavy atom. The molecule has 0 aromatic carbocycles.